The summed E-state index contributed by atoms with van der Waals surface area (Å²) in [6.45, 7) is -0.270. The Morgan fingerprint density at radius 3 is 2.52 bits per heavy atom. The Labute approximate surface area is 129 Å². The van der Waals surface area contributed by atoms with E-state index >= 15 is 0 Å². The third-order valence-corrected chi connectivity index (χ3v) is 4.52. The van der Waals surface area contributed by atoms with Crippen LogP contribution in [-0.2, 0) is 16.2 Å². The summed E-state index contributed by atoms with van der Waals surface area (Å²) in [5.74, 6) is 0. The van der Waals surface area contributed by atoms with Gasteiger partial charge in [0, 0.05) is 30.1 Å². The van der Waals surface area contributed by atoms with Gasteiger partial charge in [-0.1, -0.05) is 0 Å². The first-order valence-corrected chi connectivity index (χ1v) is 7.98. The predicted octanol–water partition coefficient (Wildman–Crippen LogP) is 1.21. The van der Waals surface area contributed by atoms with E-state index in [1.807, 2.05) is 0 Å². The summed E-state index contributed by atoms with van der Waals surface area (Å²) in [5.41, 5.74) is -2.25. The molecule has 0 atom stereocenters. The van der Waals surface area contributed by atoms with E-state index in [-0.39, 0.29) is 30.0 Å². The fourth-order valence-electron chi connectivity index (χ4n) is 2.00. The van der Waals surface area contributed by atoms with E-state index < -0.39 is 32.7 Å². The highest BCUT2D eigenvalue weighted by Crippen LogP contribution is 2.34. The van der Waals surface area contributed by atoms with Crippen molar-refractivity contribution in [2.24, 2.45) is 0 Å². The van der Waals surface area contributed by atoms with Crippen LogP contribution in [0.4, 0.5) is 13.2 Å². The van der Waals surface area contributed by atoms with Gasteiger partial charge >= 0.3 is 6.18 Å². The van der Waals surface area contributed by atoms with Crippen LogP contribution in [0.1, 0.15) is 12.0 Å². The van der Waals surface area contributed by atoms with Crippen LogP contribution in [0.25, 0.3) is 10.9 Å². The Morgan fingerprint density at radius 2 is 1.91 bits per heavy atom. The summed E-state index contributed by atoms with van der Waals surface area (Å²) < 4.78 is 65.3. The van der Waals surface area contributed by atoms with E-state index in [1.165, 1.54) is 0 Å². The number of aliphatic hydroxyl groups is 1. The zero-order valence-electron chi connectivity index (χ0n) is 11.6. The summed E-state index contributed by atoms with van der Waals surface area (Å²) in [7, 11) is -4.02. The fraction of sp³-hybridized carbons (Fsp3) is 0.308. The number of nitrogens with one attached hydrogen (secondary N) is 2. The molecule has 0 saturated heterocycles. The van der Waals surface area contributed by atoms with Gasteiger partial charge in [-0.3, -0.25) is 4.79 Å². The lowest BCUT2D eigenvalue weighted by molar-refractivity contribution is -0.136. The molecule has 0 saturated carbocycles. The van der Waals surface area contributed by atoms with Gasteiger partial charge in [0.25, 0.3) is 0 Å². The van der Waals surface area contributed by atoms with Crippen molar-refractivity contribution in [3.63, 3.8) is 0 Å². The minimum atomic E-state index is -4.79. The molecule has 0 aliphatic heterocycles. The Bertz CT molecular complexity index is 875. The maximum absolute atomic E-state index is 13.0. The molecule has 0 unspecified atom stereocenters. The van der Waals surface area contributed by atoms with Gasteiger partial charge in [0.2, 0.25) is 15.6 Å². The van der Waals surface area contributed by atoms with Crippen LogP contribution in [0.5, 0.6) is 0 Å². The van der Waals surface area contributed by atoms with Gasteiger partial charge in [0.05, 0.1) is 10.5 Å². The third kappa shape index (κ3) is 3.89. The molecule has 10 heteroatoms. The summed E-state index contributed by atoms with van der Waals surface area (Å²) in [4.78, 5) is 13.2. The standard InChI is InChI=1S/C13H13F3N2O4S/c14-13(15,16)10-7-12(20)18-11-3-2-8(6-9(10)11)23(21,22)17-4-1-5-19/h2-3,6-7,17,19H,1,4-5H2,(H,18,20). The molecular formula is C13H13F3N2O4S. The van der Waals surface area contributed by atoms with Crippen LogP contribution in [0, 0.1) is 0 Å². The minimum absolute atomic E-state index is 0.0470. The second-order valence-corrected chi connectivity index (χ2v) is 6.49. The van der Waals surface area contributed by atoms with Crippen LogP contribution >= 0.6 is 0 Å². The molecule has 3 N–H and O–H groups in total. The number of aromatic nitrogens is 1. The highest BCUT2D eigenvalue weighted by Gasteiger charge is 2.33. The maximum atomic E-state index is 13.0. The molecule has 6 nitrogen and oxygen atoms in total. The smallest absolute Gasteiger partial charge is 0.396 e. The molecule has 0 amide bonds. The normalized spacial score (nSPS) is 12.7. The maximum Gasteiger partial charge on any atom is 0.417 e. The van der Waals surface area contributed by atoms with Gasteiger partial charge in [-0.15, -0.1) is 0 Å². The van der Waals surface area contributed by atoms with E-state index in [2.05, 4.69) is 9.71 Å². The van der Waals surface area contributed by atoms with Crippen LogP contribution in [0.2, 0.25) is 0 Å². The molecule has 0 bridgehead atoms. The average molecular weight is 350 g/mol. The molecule has 2 rings (SSSR count). The number of rotatable bonds is 5. The first kappa shape index (κ1) is 17.4. The molecule has 0 aliphatic rings. The first-order chi connectivity index (χ1) is 10.6. The van der Waals surface area contributed by atoms with Gasteiger partial charge < -0.3 is 10.1 Å². The number of alkyl halides is 3. The molecule has 1 heterocycles. The number of pyridine rings is 1. The molecule has 23 heavy (non-hydrogen) atoms. The second-order valence-electron chi connectivity index (χ2n) is 4.73. The van der Waals surface area contributed by atoms with Gasteiger partial charge in [-0.25, -0.2) is 13.1 Å². The van der Waals surface area contributed by atoms with Gasteiger partial charge in [-0.2, -0.15) is 13.2 Å². The molecular weight excluding hydrogens is 337 g/mol. The number of hydrogen-bond acceptors (Lipinski definition) is 4. The van der Waals surface area contributed by atoms with Gasteiger partial charge in [0.15, 0.2) is 0 Å². The number of fused-ring (bicyclic) bond motifs is 1. The van der Waals surface area contributed by atoms with Crippen molar-refractivity contribution in [1.82, 2.24) is 9.71 Å². The van der Waals surface area contributed by atoms with E-state index in [0.717, 1.165) is 18.2 Å². The van der Waals surface area contributed by atoms with Crippen LogP contribution < -0.4 is 10.3 Å². The number of H-pyrrole nitrogens is 1. The van der Waals surface area contributed by atoms with Gasteiger partial charge in [-0.05, 0) is 24.6 Å². The zero-order valence-corrected chi connectivity index (χ0v) is 12.5. The van der Waals surface area contributed by atoms with Crippen LogP contribution in [-0.4, -0.2) is 31.7 Å². The molecule has 0 radical (unpaired) electrons. The first-order valence-electron chi connectivity index (χ1n) is 6.50. The second kappa shape index (κ2) is 6.30. The minimum Gasteiger partial charge on any atom is -0.396 e. The van der Waals surface area contributed by atoms with E-state index in [0.29, 0.717) is 6.07 Å². The Balaban J connectivity index is 2.58. The summed E-state index contributed by atoms with van der Waals surface area (Å²) >= 11 is 0. The van der Waals surface area contributed by atoms with E-state index in [4.69, 9.17) is 5.11 Å². The molecule has 1 aromatic carbocycles. The lowest BCUT2D eigenvalue weighted by Crippen LogP contribution is -2.25. The summed E-state index contributed by atoms with van der Waals surface area (Å²) in [6, 6.07) is 3.44. The van der Waals surface area contributed by atoms with Crippen molar-refractivity contribution in [3.8, 4) is 0 Å². The predicted molar refractivity (Wildman–Crippen MR) is 76.5 cm³/mol. The number of benzene rings is 1. The Kier molecular flexibility index (Phi) is 4.78. The van der Waals surface area contributed by atoms with Crippen molar-refractivity contribution in [3.05, 3.63) is 40.2 Å². The van der Waals surface area contributed by atoms with Crippen molar-refractivity contribution in [2.75, 3.05) is 13.2 Å². The third-order valence-electron chi connectivity index (χ3n) is 3.06. The molecule has 0 aliphatic carbocycles. The van der Waals surface area contributed by atoms with Crippen molar-refractivity contribution >= 4 is 20.9 Å². The molecule has 1 aromatic heterocycles. The fourth-order valence-corrected chi connectivity index (χ4v) is 3.10. The van der Waals surface area contributed by atoms with Gasteiger partial charge in [0.1, 0.15) is 0 Å². The number of aliphatic hydroxyl groups excluding tert-OH is 1. The number of halogens is 3. The topological polar surface area (TPSA) is 99.3 Å². The molecule has 126 valence electrons. The average Bonchev–Trinajstić information content (AvgIpc) is 2.45. The SMILES string of the molecule is O=c1cc(C(F)(F)F)c2cc(S(=O)(=O)NCCCO)ccc2[nH]1. The highest BCUT2D eigenvalue weighted by molar-refractivity contribution is 7.89. The summed E-state index contributed by atoms with van der Waals surface area (Å²) in [5, 5.41) is 8.22. The lowest BCUT2D eigenvalue weighted by atomic mass is 10.1. The van der Waals surface area contributed by atoms with Crippen molar-refractivity contribution in [1.29, 1.82) is 0 Å². The quantitative estimate of drug-likeness (QED) is 0.706. The van der Waals surface area contributed by atoms with Crippen molar-refractivity contribution in [2.45, 2.75) is 17.5 Å². The van der Waals surface area contributed by atoms with Crippen molar-refractivity contribution < 1.29 is 26.7 Å². The Hall–Kier alpha value is -1.91. The molecule has 2 aromatic rings. The van der Waals surface area contributed by atoms with E-state index in [1.54, 1.807) is 0 Å². The zero-order chi connectivity index (χ0) is 17.3. The lowest BCUT2D eigenvalue weighted by Gasteiger charge is -2.12. The highest BCUT2D eigenvalue weighted by atomic mass is 32.2. The van der Waals surface area contributed by atoms with Crippen LogP contribution in [0.15, 0.2) is 34.0 Å². The Morgan fingerprint density at radius 1 is 1.22 bits per heavy atom. The number of sulfonamides is 1. The monoisotopic (exact) mass is 350 g/mol. The molecule has 0 fully saturated rings. The number of aromatic amines is 1. The number of hydrogen-bond donors (Lipinski definition) is 3. The molecule has 0 spiro atoms. The summed E-state index contributed by atoms with van der Waals surface area (Å²) in [6.07, 6.45) is -4.62. The van der Waals surface area contributed by atoms with Crippen LogP contribution in [0.3, 0.4) is 0 Å². The van der Waals surface area contributed by atoms with E-state index in [9.17, 15) is 26.4 Å². The largest absolute Gasteiger partial charge is 0.417 e.